The van der Waals surface area contributed by atoms with Crippen LogP contribution in [0.25, 0.3) is 0 Å². The predicted molar refractivity (Wildman–Crippen MR) is 81.7 cm³/mol. The van der Waals surface area contributed by atoms with E-state index in [0.717, 1.165) is 11.8 Å². The summed E-state index contributed by atoms with van der Waals surface area (Å²) < 4.78 is 10.3. The molecule has 0 atom stereocenters. The maximum atomic E-state index is 10.5. The Morgan fingerprint density at radius 1 is 1.23 bits per heavy atom. The molecule has 0 saturated heterocycles. The molecule has 0 spiro atoms. The minimum Gasteiger partial charge on any atom is -0.493 e. The van der Waals surface area contributed by atoms with Crippen molar-refractivity contribution in [3.8, 4) is 11.5 Å². The maximum absolute atomic E-state index is 10.5. The monoisotopic (exact) mass is 302 g/mol. The van der Waals surface area contributed by atoms with E-state index in [1.54, 1.807) is 32.6 Å². The molecule has 1 aromatic heterocycles. The second kappa shape index (κ2) is 7.02. The number of nitrogens with one attached hydrogen (secondary N) is 1. The molecule has 0 aliphatic carbocycles. The summed E-state index contributed by atoms with van der Waals surface area (Å²) in [7, 11) is 3.12. The van der Waals surface area contributed by atoms with Crippen LogP contribution in [0.5, 0.6) is 11.5 Å². The van der Waals surface area contributed by atoms with E-state index in [-0.39, 0.29) is 5.69 Å². The van der Waals surface area contributed by atoms with Crippen LogP contribution in [-0.4, -0.2) is 30.3 Å². The van der Waals surface area contributed by atoms with Crippen LogP contribution in [0.1, 0.15) is 5.56 Å². The largest absolute Gasteiger partial charge is 0.493 e. The molecular formula is C14H14N4O4. The maximum Gasteiger partial charge on any atom is 0.287 e. The van der Waals surface area contributed by atoms with Crippen LogP contribution in [0.2, 0.25) is 0 Å². The lowest BCUT2D eigenvalue weighted by atomic mass is 10.2. The third-order valence-electron chi connectivity index (χ3n) is 2.76. The van der Waals surface area contributed by atoms with Crippen molar-refractivity contribution >= 4 is 17.7 Å². The Labute approximate surface area is 126 Å². The summed E-state index contributed by atoms with van der Waals surface area (Å²) in [5, 5.41) is 14.5. The van der Waals surface area contributed by atoms with E-state index >= 15 is 0 Å². The molecule has 0 saturated carbocycles. The lowest BCUT2D eigenvalue weighted by molar-refractivity contribution is -0.385. The Morgan fingerprint density at radius 2 is 2.00 bits per heavy atom. The Hall–Kier alpha value is -3.16. The molecule has 2 aromatic rings. The first-order chi connectivity index (χ1) is 10.6. The van der Waals surface area contributed by atoms with Crippen LogP contribution in [0.15, 0.2) is 41.6 Å². The predicted octanol–water partition coefficient (Wildman–Crippen LogP) is 2.45. The van der Waals surface area contributed by atoms with Crippen LogP contribution in [0.4, 0.5) is 11.5 Å². The summed E-state index contributed by atoms with van der Waals surface area (Å²) >= 11 is 0. The summed E-state index contributed by atoms with van der Waals surface area (Å²) in [5.74, 6) is 1.63. The second-order valence-electron chi connectivity index (χ2n) is 4.14. The molecule has 0 fully saturated rings. The van der Waals surface area contributed by atoms with Gasteiger partial charge >= 0.3 is 0 Å². The van der Waals surface area contributed by atoms with Crippen LogP contribution < -0.4 is 14.9 Å². The van der Waals surface area contributed by atoms with E-state index in [9.17, 15) is 10.1 Å². The summed E-state index contributed by atoms with van der Waals surface area (Å²) in [6.45, 7) is 0. The zero-order valence-electron chi connectivity index (χ0n) is 12.0. The van der Waals surface area contributed by atoms with Gasteiger partial charge in [-0.2, -0.15) is 5.10 Å². The Morgan fingerprint density at radius 3 is 2.59 bits per heavy atom. The van der Waals surface area contributed by atoms with Gasteiger partial charge in [-0.25, -0.2) is 4.98 Å². The van der Waals surface area contributed by atoms with E-state index in [4.69, 9.17) is 9.47 Å². The van der Waals surface area contributed by atoms with Gasteiger partial charge < -0.3 is 9.47 Å². The summed E-state index contributed by atoms with van der Waals surface area (Å²) in [6, 6.07) is 8.18. The molecule has 1 N–H and O–H groups in total. The second-order valence-corrected chi connectivity index (χ2v) is 4.14. The zero-order valence-corrected chi connectivity index (χ0v) is 12.0. The highest BCUT2D eigenvalue weighted by Crippen LogP contribution is 2.26. The first-order valence-electron chi connectivity index (χ1n) is 6.25. The average molecular weight is 302 g/mol. The van der Waals surface area contributed by atoms with Gasteiger partial charge in [0.1, 0.15) is 12.0 Å². The van der Waals surface area contributed by atoms with Gasteiger partial charge in [-0.05, 0) is 29.8 Å². The molecule has 22 heavy (non-hydrogen) atoms. The number of hydrogen-bond acceptors (Lipinski definition) is 7. The van der Waals surface area contributed by atoms with E-state index < -0.39 is 4.92 Å². The average Bonchev–Trinajstić information content (AvgIpc) is 2.55. The van der Waals surface area contributed by atoms with Crippen molar-refractivity contribution in [1.29, 1.82) is 0 Å². The van der Waals surface area contributed by atoms with Crippen LogP contribution in [-0.2, 0) is 0 Å². The van der Waals surface area contributed by atoms with E-state index in [1.165, 1.54) is 12.1 Å². The first kappa shape index (κ1) is 15.2. The van der Waals surface area contributed by atoms with Crippen molar-refractivity contribution < 1.29 is 14.4 Å². The lowest BCUT2D eigenvalue weighted by Gasteiger charge is -2.07. The van der Waals surface area contributed by atoms with E-state index in [2.05, 4.69) is 15.5 Å². The van der Waals surface area contributed by atoms with Crippen LogP contribution >= 0.6 is 0 Å². The van der Waals surface area contributed by atoms with Gasteiger partial charge in [0.05, 0.1) is 25.4 Å². The molecule has 0 radical (unpaired) electrons. The number of pyridine rings is 1. The number of benzene rings is 1. The normalized spacial score (nSPS) is 10.5. The third kappa shape index (κ3) is 3.69. The molecule has 0 aliphatic rings. The summed E-state index contributed by atoms with van der Waals surface area (Å²) in [5.41, 5.74) is 3.41. The molecule has 114 valence electrons. The van der Waals surface area contributed by atoms with Crippen LogP contribution in [0.3, 0.4) is 0 Å². The number of hydrogen-bond donors (Lipinski definition) is 1. The molecule has 0 bridgehead atoms. The fourth-order valence-electron chi connectivity index (χ4n) is 1.67. The number of anilines is 1. The van der Waals surface area contributed by atoms with E-state index in [1.807, 2.05) is 6.07 Å². The number of methoxy groups -OCH3 is 2. The Balaban J connectivity index is 2.04. The zero-order chi connectivity index (χ0) is 15.9. The minimum absolute atomic E-state index is 0.0746. The van der Waals surface area contributed by atoms with E-state index in [0.29, 0.717) is 17.3 Å². The van der Waals surface area contributed by atoms with Gasteiger partial charge in [-0.3, -0.25) is 15.5 Å². The van der Waals surface area contributed by atoms with Crippen molar-refractivity contribution in [2.75, 3.05) is 19.6 Å². The molecule has 8 nitrogen and oxygen atoms in total. The number of nitro groups is 1. The number of aromatic nitrogens is 1. The van der Waals surface area contributed by atoms with Crippen molar-refractivity contribution in [3.05, 3.63) is 52.2 Å². The van der Waals surface area contributed by atoms with Gasteiger partial charge in [0, 0.05) is 6.07 Å². The van der Waals surface area contributed by atoms with Gasteiger partial charge in [0.15, 0.2) is 11.5 Å². The number of hydrazone groups is 1. The standard InChI is InChI=1S/C14H14N4O4/c1-21-12-5-3-10(7-13(12)22-2)8-16-17-14-6-4-11(9-15-14)18(19)20/h3-9H,1-2H3,(H,15,17)/b16-8-. The highest BCUT2D eigenvalue weighted by atomic mass is 16.6. The smallest absolute Gasteiger partial charge is 0.287 e. The highest BCUT2D eigenvalue weighted by Gasteiger charge is 2.05. The van der Waals surface area contributed by atoms with Gasteiger partial charge in [-0.15, -0.1) is 0 Å². The van der Waals surface area contributed by atoms with Crippen molar-refractivity contribution in [1.82, 2.24) is 4.98 Å². The molecule has 1 aromatic carbocycles. The SMILES string of the molecule is COc1ccc(/C=N\Nc2ccc([N+](=O)[O-])cn2)cc1OC. The molecule has 0 amide bonds. The topological polar surface area (TPSA) is 98.9 Å². The Kier molecular flexibility index (Phi) is 4.86. The molecule has 0 aliphatic heterocycles. The highest BCUT2D eigenvalue weighted by molar-refractivity contribution is 5.81. The molecule has 1 heterocycles. The van der Waals surface area contributed by atoms with Crippen molar-refractivity contribution in [3.63, 3.8) is 0 Å². The number of nitrogens with zero attached hydrogens (tertiary/aromatic N) is 3. The minimum atomic E-state index is -0.510. The molecular weight excluding hydrogens is 288 g/mol. The lowest BCUT2D eigenvalue weighted by Crippen LogP contribution is -1.96. The summed E-state index contributed by atoms with van der Waals surface area (Å²) in [6.07, 6.45) is 2.74. The summed E-state index contributed by atoms with van der Waals surface area (Å²) in [4.78, 5) is 13.9. The first-order valence-corrected chi connectivity index (χ1v) is 6.25. The molecule has 8 heteroatoms. The quantitative estimate of drug-likeness (QED) is 0.500. The van der Waals surface area contributed by atoms with Crippen LogP contribution in [0, 0.1) is 10.1 Å². The van der Waals surface area contributed by atoms with Gasteiger partial charge in [0.2, 0.25) is 0 Å². The Bertz CT molecular complexity index is 686. The molecule has 0 unspecified atom stereocenters. The van der Waals surface area contributed by atoms with Gasteiger partial charge in [0.25, 0.3) is 5.69 Å². The van der Waals surface area contributed by atoms with Crippen molar-refractivity contribution in [2.24, 2.45) is 5.10 Å². The molecule has 2 rings (SSSR count). The number of ether oxygens (including phenoxy) is 2. The third-order valence-corrected chi connectivity index (χ3v) is 2.76. The van der Waals surface area contributed by atoms with Crippen molar-refractivity contribution in [2.45, 2.75) is 0 Å². The fraction of sp³-hybridized carbons (Fsp3) is 0.143. The fourth-order valence-corrected chi connectivity index (χ4v) is 1.67. The van der Waals surface area contributed by atoms with Gasteiger partial charge in [-0.1, -0.05) is 0 Å². The number of rotatable bonds is 6.